The Morgan fingerprint density at radius 2 is 1.78 bits per heavy atom. The topological polar surface area (TPSA) is 9.03 Å². The molecule has 112 valence electrons. The van der Waals surface area contributed by atoms with Gasteiger partial charge in [-0.25, -0.2) is 4.57 Å². The molecule has 0 radical (unpaired) electrons. The van der Waals surface area contributed by atoms with Crippen molar-refractivity contribution >= 4 is 27.3 Å². The third kappa shape index (κ3) is 1.13. The maximum atomic E-state index is 2.59. The van der Waals surface area contributed by atoms with Crippen molar-refractivity contribution in [3.63, 3.8) is 0 Å². The van der Waals surface area contributed by atoms with Crippen LogP contribution in [0.4, 0.5) is 0 Å². The molecule has 0 spiro atoms. The van der Waals surface area contributed by atoms with Gasteiger partial charge in [-0.15, -0.1) is 0 Å². The number of fused-ring (bicyclic) bond motifs is 1. The molecular formula is C21H19N2+. The van der Waals surface area contributed by atoms with Gasteiger partial charge in [0.05, 0.1) is 5.39 Å². The molecule has 0 saturated carbocycles. The average molecular weight is 299 g/mol. The molecule has 0 saturated heterocycles. The predicted octanol–water partition coefficient (Wildman–Crippen LogP) is 4.42. The normalized spacial score (nSPS) is 21.5. The molecule has 0 fully saturated rings. The Morgan fingerprint density at radius 3 is 2.65 bits per heavy atom. The Balaban J connectivity index is 2.08. The van der Waals surface area contributed by atoms with E-state index in [-0.39, 0.29) is 0 Å². The van der Waals surface area contributed by atoms with E-state index in [9.17, 15) is 0 Å². The summed E-state index contributed by atoms with van der Waals surface area (Å²) in [7, 11) is 0. The van der Waals surface area contributed by atoms with Gasteiger partial charge in [-0.1, -0.05) is 50.2 Å². The number of nitrogens with zero attached hydrogens (tertiary/aromatic N) is 2. The highest BCUT2D eigenvalue weighted by atomic mass is 15.2. The average Bonchev–Trinajstić information content (AvgIpc) is 3.08. The second-order valence-corrected chi connectivity index (χ2v) is 7.38. The molecule has 6 rings (SSSR count). The zero-order chi connectivity index (χ0) is 15.5. The largest absolute Gasteiger partial charge is 0.295 e. The van der Waals surface area contributed by atoms with E-state index < -0.39 is 0 Å². The monoisotopic (exact) mass is 299 g/mol. The Bertz CT molecular complexity index is 1180. The molecule has 0 aliphatic carbocycles. The Kier molecular flexibility index (Phi) is 1.89. The van der Waals surface area contributed by atoms with Crippen molar-refractivity contribution in [2.45, 2.75) is 39.2 Å². The van der Waals surface area contributed by atoms with Gasteiger partial charge >= 0.3 is 0 Å². The molecule has 4 aromatic rings. The van der Waals surface area contributed by atoms with Gasteiger partial charge < -0.3 is 0 Å². The number of pyridine rings is 1. The van der Waals surface area contributed by atoms with Crippen LogP contribution in [0.2, 0.25) is 0 Å². The molecule has 2 aliphatic heterocycles. The molecular weight excluding hydrogens is 280 g/mol. The van der Waals surface area contributed by atoms with E-state index in [0.29, 0.717) is 11.8 Å². The first-order valence-electron chi connectivity index (χ1n) is 8.59. The van der Waals surface area contributed by atoms with Crippen LogP contribution in [0.25, 0.3) is 27.3 Å². The van der Waals surface area contributed by atoms with Gasteiger partial charge in [-0.3, -0.25) is 0 Å². The second-order valence-electron chi connectivity index (χ2n) is 7.38. The first kappa shape index (κ1) is 12.1. The van der Waals surface area contributed by atoms with Crippen molar-refractivity contribution in [1.82, 2.24) is 4.57 Å². The van der Waals surface area contributed by atoms with E-state index in [0.717, 1.165) is 6.54 Å². The first-order valence-corrected chi connectivity index (χ1v) is 8.59. The van der Waals surface area contributed by atoms with E-state index in [1.807, 2.05) is 0 Å². The lowest BCUT2D eigenvalue weighted by Gasteiger charge is -2.25. The minimum Gasteiger partial charge on any atom is -0.222 e. The molecule has 0 N–H and O–H groups in total. The van der Waals surface area contributed by atoms with E-state index in [2.05, 4.69) is 66.1 Å². The van der Waals surface area contributed by atoms with Crippen LogP contribution < -0.4 is 4.40 Å². The van der Waals surface area contributed by atoms with Crippen LogP contribution in [0.15, 0.2) is 36.4 Å². The number of aromatic nitrogens is 2. The molecule has 4 heterocycles. The van der Waals surface area contributed by atoms with Crippen LogP contribution in [0, 0.1) is 6.92 Å². The quantitative estimate of drug-likeness (QED) is 0.296. The van der Waals surface area contributed by atoms with Crippen LogP contribution in [0.1, 0.15) is 48.2 Å². The van der Waals surface area contributed by atoms with Crippen LogP contribution in [-0.4, -0.2) is 4.57 Å². The molecule has 2 aromatic heterocycles. The third-order valence-corrected chi connectivity index (χ3v) is 6.44. The van der Waals surface area contributed by atoms with Gasteiger partial charge in [0.15, 0.2) is 5.69 Å². The van der Waals surface area contributed by atoms with Crippen LogP contribution >= 0.6 is 0 Å². The number of hydrogen-bond acceptors (Lipinski definition) is 0. The van der Waals surface area contributed by atoms with Crippen LogP contribution in [0.5, 0.6) is 0 Å². The van der Waals surface area contributed by atoms with Gasteiger partial charge in [-0.05, 0) is 5.92 Å². The number of para-hydroxylation sites is 1. The molecule has 2 atom stereocenters. The van der Waals surface area contributed by atoms with Gasteiger partial charge in [-0.2, -0.15) is 4.40 Å². The summed E-state index contributed by atoms with van der Waals surface area (Å²) in [6, 6.07) is 13.7. The minimum atomic E-state index is 0.560. The Hall–Kier alpha value is -2.35. The van der Waals surface area contributed by atoms with Gasteiger partial charge in [0.25, 0.3) is 5.65 Å². The predicted molar refractivity (Wildman–Crippen MR) is 93.3 cm³/mol. The maximum Gasteiger partial charge on any atom is 0.295 e. The highest BCUT2D eigenvalue weighted by Gasteiger charge is 2.40. The lowest BCUT2D eigenvalue weighted by Crippen LogP contribution is -2.34. The van der Waals surface area contributed by atoms with Crippen molar-refractivity contribution in [3.05, 3.63) is 58.9 Å². The fraction of sp³-hybridized carbons (Fsp3) is 0.286. The summed E-state index contributed by atoms with van der Waals surface area (Å²) in [6.45, 7) is 8.11. The van der Waals surface area contributed by atoms with E-state index in [4.69, 9.17) is 0 Å². The van der Waals surface area contributed by atoms with Crippen molar-refractivity contribution in [2.75, 3.05) is 0 Å². The minimum absolute atomic E-state index is 0.560. The van der Waals surface area contributed by atoms with Gasteiger partial charge in [0, 0.05) is 34.7 Å². The molecule has 0 bridgehead atoms. The smallest absolute Gasteiger partial charge is 0.222 e. The summed E-state index contributed by atoms with van der Waals surface area (Å²) in [6.07, 6.45) is 0. The zero-order valence-corrected chi connectivity index (χ0v) is 13.7. The van der Waals surface area contributed by atoms with Crippen LogP contribution in [0.3, 0.4) is 0 Å². The lowest BCUT2D eigenvalue weighted by atomic mass is 9.81. The van der Waals surface area contributed by atoms with E-state index in [1.165, 1.54) is 49.8 Å². The summed E-state index contributed by atoms with van der Waals surface area (Å²) in [5.74, 6) is 1.13. The molecule has 2 nitrogen and oxygen atoms in total. The van der Waals surface area contributed by atoms with E-state index >= 15 is 0 Å². The van der Waals surface area contributed by atoms with Crippen LogP contribution in [-0.2, 0) is 6.54 Å². The second kappa shape index (κ2) is 3.59. The molecule has 23 heavy (non-hydrogen) atoms. The Morgan fingerprint density at radius 1 is 1.00 bits per heavy atom. The maximum absolute atomic E-state index is 2.59. The van der Waals surface area contributed by atoms with Gasteiger partial charge in [0.2, 0.25) is 0 Å². The fourth-order valence-corrected chi connectivity index (χ4v) is 5.19. The highest BCUT2D eigenvalue weighted by Crippen LogP contribution is 2.44. The molecule has 2 aromatic carbocycles. The molecule has 2 unspecified atom stereocenters. The lowest BCUT2D eigenvalue weighted by molar-refractivity contribution is -0.494. The number of imidazole rings is 1. The highest BCUT2D eigenvalue weighted by molar-refractivity contribution is 6.12. The SMILES string of the molecule is Cc1c2[n+]3c4c(cccc4c4cccc5c4c3n1C5)C(C)C2C. The van der Waals surface area contributed by atoms with Crippen molar-refractivity contribution in [3.8, 4) is 0 Å². The first-order chi connectivity index (χ1) is 11.2. The zero-order valence-electron chi connectivity index (χ0n) is 13.7. The van der Waals surface area contributed by atoms with Gasteiger partial charge in [0.1, 0.15) is 17.8 Å². The standard InChI is InChI=1S/C21H19N2/c1-11-12(2)19-13(3)22-10-14-6-4-8-16-17-9-5-7-15(11)20(17)23(19)21(22)18(14)16/h4-9,11-12H,10H2,1-3H3/q+1. The van der Waals surface area contributed by atoms with E-state index in [1.54, 1.807) is 0 Å². The Labute approximate surface area is 135 Å². The molecule has 2 heteroatoms. The number of benzene rings is 2. The van der Waals surface area contributed by atoms with Crippen molar-refractivity contribution in [1.29, 1.82) is 0 Å². The summed E-state index contributed by atoms with van der Waals surface area (Å²) in [5.41, 5.74) is 8.80. The molecule has 0 amide bonds. The third-order valence-electron chi connectivity index (χ3n) is 6.44. The summed E-state index contributed by atoms with van der Waals surface area (Å²) in [4.78, 5) is 0. The summed E-state index contributed by atoms with van der Waals surface area (Å²) in [5, 5.41) is 4.30. The summed E-state index contributed by atoms with van der Waals surface area (Å²) < 4.78 is 5.13. The fourth-order valence-electron chi connectivity index (χ4n) is 5.19. The van der Waals surface area contributed by atoms with Crippen molar-refractivity contribution < 1.29 is 4.40 Å². The number of rotatable bonds is 0. The molecule has 2 aliphatic rings. The van der Waals surface area contributed by atoms with Crippen molar-refractivity contribution in [2.24, 2.45) is 0 Å². The summed E-state index contributed by atoms with van der Waals surface area (Å²) >= 11 is 0. The number of hydrogen-bond donors (Lipinski definition) is 0.